The van der Waals surface area contributed by atoms with Crippen molar-refractivity contribution < 1.29 is 4.52 Å². The van der Waals surface area contributed by atoms with Crippen LogP contribution < -0.4 is 5.32 Å². The normalized spacial score (nSPS) is 22.2. The Hall–Kier alpha value is -0.610. The average Bonchev–Trinajstić information content (AvgIpc) is 2.55. The topological polar surface area (TPSA) is 51.0 Å². The van der Waals surface area contributed by atoms with Crippen molar-refractivity contribution in [2.75, 3.05) is 13.1 Å². The van der Waals surface area contributed by atoms with Gasteiger partial charge in [-0.1, -0.05) is 5.16 Å². The first-order chi connectivity index (χ1) is 5.36. The lowest BCUT2D eigenvalue weighted by Crippen LogP contribution is -2.08. The van der Waals surface area contributed by atoms with Crippen LogP contribution in [0.25, 0.3) is 0 Å². The molecule has 4 nitrogen and oxygen atoms in total. The third-order valence-electron chi connectivity index (χ3n) is 1.95. The van der Waals surface area contributed by atoms with Crippen molar-refractivity contribution in [3.05, 3.63) is 11.7 Å². The van der Waals surface area contributed by atoms with Gasteiger partial charge in [-0.2, -0.15) is 4.98 Å². The molecule has 1 fully saturated rings. The Kier molecular flexibility index (Phi) is 3.05. The molecule has 0 radical (unpaired) electrons. The third-order valence-corrected chi connectivity index (χ3v) is 1.95. The number of rotatable bonds is 1. The molecule has 1 aromatic heterocycles. The summed E-state index contributed by atoms with van der Waals surface area (Å²) in [7, 11) is 0. The summed E-state index contributed by atoms with van der Waals surface area (Å²) in [6, 6.07) is 0. The van der Waals surface area contributed by atoms with Crippen molar-refractivity contribution in [3.63, 3.8) is 0 Å². The second-order valence-electron chi connectivity index (χ2n) is 2.87. The Labute approximate surface area is 77.1 Å². The van der Waals surface area contributed by atoms with Crippen LogP contribution in [-0.4, -0.2) is 23.2 Å². The van der Waals surface area contributed by atoms with Gasteiger partial charge in [-0.3, -0.25) is 0 Å². The van der Waals surface area contributed by atoms with E-state index in [4.69, 9.17) is 4.52 Å². The predicted molar refractivity (Wildman–Crippen MR) is 46.5 cm³/mol. The maximum atomic E-state index is 5.05. The molecule has 1 aliphatic heterocycles. The van der Waals surface area contributed by atoms with Gasteiger partial charge in [-0.15, -0.1) is 12.4 Å². The molecule has 12 heavy (non-hydrogen) atoms. The van der Waals surface area contributed by atoms with Crippen LogP contribution >= 0.6 is 12.4 Å². The molecule has 1 aromatic rings. The summed E-state index contributed by atoms with van der Waals surface area (Å²) in [6.45, 7) is 3.88. The minimum Gasteiger partial charge on any atom is -0.339 e. The summed E-state index contributed by atoms with van der Waals surface area (Å²) >= 11 is 0. The van der Waals surface area contributed by atoms with E-state index in [0.717, 1.165) is 31.2 Å². The lowest BCUT2D eigenvalue weighted by atomic mass is 10.1. The molecular weight excluding hydrogens is 178 g/mol. The van der Waals surface area contributed by atoms with E-state index < -0.39 is 0 Å². The van der Waals surface area contributed by atoms with Gasteiger partial charge in [0.15, 0.2) is 5.82 Å². The van der Waals surface area contributed by atoms with E-state index in [1.165, 1.54) is 0 Å². The molecule has 1 atom stereocenters. The molecule has 0 saturated carbocycles. The van der Waals surface area contributed by atoms with Gasteiger partial charge in [0.25, 0.3) is 0 Å². The maximum Gasteiger partial charge on any atom is 0.231 e. The van der Waals surface area contributed by atoms with Gasteiger partial charge in [0, 0.05) is 6.54 Å². The molecule has 0 aromatic carbocycles. The van der Waals surface area contributed by atoms with Gasteiger partial charge < -0.3 is 9.84 Å². The van der Waals surface area contributed by atoms with Gasteiger partial charge in [0.1, 0.15) is 0 Å². The van der Waals surface area contributed by atoms with Crippen molar-refractivity contribution in [3.8, 4) is 0 Å². The first-order valence-electron chi connectivity index (χ1n) is 3.87. The molecule has 5 heteroatoms. The monoisotopic (exact) mass is 189 g/mol. The zero-order valence-corrected chi connectivity index (χ0v) is 7.73. The Morgan fingerprint density at radius 1 is 1.58 bits per heavy atom. The maximum absolute atomic E-state index is 5.05. The number of hydrogen-bond acceptors (Lipinski definition) is 4. The Morgan fingerprint density at radius 2 is 2.42 bits per heavy atom. The highest BCUT2D eigenvalue weighted by Crippen LogP contribution is 2.19. The van der Waals surface area contributed by atoms with Gasteiger partial charge >= 0.3 is 0 Å². The highest BCUT2D eigenvalue weighted by atomic mass is 35.5. The number of hydrogen-bond donors (Lipinski definition) is 1. The number of nitrogens with zero attached hydrogens (tertiary/aromatic N) is 2. The van der Waals surface area contributed by atoms with E-state index in [2.05, 4.69) is 15.5 Å². The highest BCUT2D eigenvalue weighted by molar-refractivity contribution is 5.85. The van der Waals surface area contributed by atoms with E-state index in [1.807, 2.05) is 6.92 Å². The number of nitrogens with one attached hydrogen (secondary N) is 1. The highest BCUT2D eigenvalue weighted by Gasteiger charge is 2.21. The van der Waals surface area contributed by atoms with E-state index in [1.54, 1.807) is 0 Å². The summed E-state index contributed by atoms with van der Waals surface area (Å²) in [5.41, 5.74) is 0. The molecule has 0 aliphatic carbocycles. The molecule has 68 valence electrons. The SMILES string of the molecule is Cc1noc([C@H]2CCNC2)n1.Cl. The quantitative estimate of drug-likeness (QED) is 0.713. The summed E-state index contributed by atoms with van der Waals surface area (Å²) in [6.07, 6.45) is 1.11. The molecule has 2 heterocycles. The van der Waals surface area contributed by atoms with Crippen molar-refractivity contribution in [1.82, 2.24) is 15.5 Å². The summed E-state index contributed by atoms with van der Waals surface area (Å²) in [4.78, 5) is 4.17. The second kappa shape index (κ2) is 3.87. The largest absolute Gasteiger partial charge is 0.339 e. The van der Waals surface area contributed by atoms with E-state index in [-0.39, 0.29) is 12.4 Å². The Balaban J connectivity index is 0.000000720. The van der Waals surface area contributed by atoms with E-state index >= 15 is 0 Å². The van der Waals surface area contributed by atoms with Gasteiger partial charge in [-0.05, 0) is 19.9 Å². The van der Waals surface area contributed by atoms with Crippen LogP contribution in [0.5, 0.6) is 0 Å². The van der Waals surface area contributed by atoms with E-state index in [9.17, 15) is 0 Å². The van der Waals surface area contributed by atoms with Gasteiger partial charge in [0.2, 0.25) is 5.89 Å². The minimum atomic E-state index is 0. The summed E-state index contributed by atoms with van der Waals surface area (Å²) < 4.78 is 5.05. The van der Waals surface area contributed by atoms with Crippen molar-refractivity contribution in [2.24, 2.45) is 0 Å². The van der Waals surface area contributed by atoms with Crippen LogP contribution in [0.3, 0.4) is 0 Å². The van der Waals surface area contributed by atoms with Crippen LogP contribution in [0.1, 0.15) is 24.1 Å². The molecule has 0 unspecified atom stereocenters. The third kappa shape index (κ3) is 1.76. The number of halogens is 1. The molecule has 0 bridgehead atoms. The summed E-state index contributed by atoms with van der Waals surface area (Å²) in [5.74, 6) is 1.95. The smallest absolute Gasteiger partial charge is 0.231 e. The molecule has 1 aliphatic rings. The number of aryl methyl sites for hydroxylation is 1. The molecule has 1 saturated heterocycles. The predicted octanol–water partition coefficient (Wildman–Crippen LogP) is 0.877. The molecular formula is C7H12ClN3O. The first kappa shape index (κ1) is 9.48. The number of aromatic nitrogens is 2. The fourth-order valence-corrected chi connectivity index (χ4v) is 1.34. The lowest BCUT2D eigenvalue weighted by molar-refractivity contribution is 0.356. The first-order valence-corrected chi connectivity index (χ1v) is 3.87. The summed E-state index contributed by atoms with van der Waals surface area (Å²) in [5, 5.41) is 7.00. The Morgan fingerprint density at radius 3 is 2.92 bits per heavy atom. The van der Waals surface area contributed by atoms with Gasteiger partial charge in [-0.25, -0.2) is 0 Å². The van der Waals surface area contributed by atoms with Crippen LogP contribution in [-0.2, 0) is 0 Å². The molecule has 0 amide bonds. The second-order valence-corrected chi connectivity index (χ2v) is 2.87. The van der Waals surface area contributed by atoms with Crippen molar-refractivity contribution in [1.29, 1.82) is 0 Å². The van der Waals surface area contributed by atoms with Gasteiger partial charge in [0.05, 0.1) is 5.92 Å². The fraction of sp³-hybridized carbons (Fsp3) is 0.714. The lowest BCUT2D eigenvalue weighted by Gasteiger charge is -1.97. The molecule has 1 N–H and O–H groups in total. The van der Waals surface area contributed by atoms with E-state index in [0.29, 0.717) is 5.92 Å². The van der Waals surface area contributed by atoms with Crippen molar-refractivity contribution in [2.45, 2.75) is 19.3 Å². The van der Waals surface area contributed by atoms with Crippen LogP contribution in [0.2, 0.25) is 0 Å². The molecule has 0 spiro atoms. The standard InChI is InChI=1S/C7H11N3O.ClH/c1-5-9-7(11-10-5)6-2-3-8-4-6;/h6,8H,2-4H2,1H3;1H/t6-;/m0./s1. The zero-order valence-electron chi connectivity index (χ0n) is 6.91. The zero-order chi connectivity index (χ0) is 7.68. The average molecular weight is 190 g/mol. The Bertz CT molecular complexity index is 245. The fourth-order valence-electron chi connectivity index (χ4n) is 1.34. The van der Waals surface area contributed by atoms with Crippen molar-refractivity contribution >= 4 is 12.4 Å². The molecule has 2 rings (SSSR count). The van der Waals surface area contributed by atoms with Crippen LogP contribution in [0.15, 0.2) is 4.52 Å². The van der Waals surface area contributed by atoms with Crippen LogP contribution in [0, 0.1) is 6.92 Å². The minimum absolute atomic E-state index is 0. The van der Waals surface area contributed by atoms with Crippen LogP contribution in [0.4, 0.5) is 0 Å².